The molecular formula is C10H8N2O5. The van der Waals surface area contributed by atoms with E-state index < -0.39 is 10.8 Å². The van der Waals surface area contributed by atoms with Gasteiger partial charge in [0.05, 0.1) is 18.1 Å². The average Bonchev–Trinajstić information content (AvgIpc) is 2.69. The minimum absolute atomic E-state index is 0.0532. The first kappa shape index (κ1) is 10.9. The van der Waals surface area contributed by atoms with Crippen LogP contribution in [0.5, 0.6) is 5.75 Å². The molecule has 2 rings (SSSR count). The fourth-order valence-corrected chi connectivity index (χ4v) is 1.48. The molecule has 0 aliphatic carbocycles. The third-order valence-corrected chi connectivity index (χ3v) is 2.26. The molecule has 0 bridgehead atoms. The molecule has 0 fully saturated rings. The van der Waals surface area contributed by atoms with E-state index in [2.05, 4.69) is 0 Å². The number of hydrogen-bond donors (Lipinski definition) is 1. The van der Waals surface area contributed by atoms with Gasteiger partial charge < -0.3 is 14.9 Å². The van der Waals surface area contributed by atoms with Gasteiger partial charge in [0.2, 0.25) is 0 Å². The molecular weight excluding hydrogens is 228 g/mol. The first-order chi connectivity index (χ1) is 8.02. The van der Waals surface area contributed by atoms with E-state index in [1.165, 1.54) is 25.3 Å². The lowest BCUT2D eigenvalue weighted by molar-refractivity contribution is -0.385. The van der Waals surface area contributed by atoms with Crippen LogP contribution in [0, 0.1) is 10.1 Å². The number of fused-ring (bicyclic) bond motifs is 1. The number of furan rings is 1. The number of primary amides is 1. The Labute approximate surface area is 94.9 Å². The van der Waals surface area contributed by atoms with Crippen LogP contribution in [-0.4, -0.2) is 17.9 Å². The minimum atomic E-state index is -0.734. The number of carbonyl (C=O) groups is 1. The van der Waals surface area contributed by atoms with Crippen LogP contribution in [0.4, 0.5) is 5.69 Å². The summed E-state index contributed by atoms with van der Waals surface area (Å²) < 4.78 is 9.97. The summed E-state index contributed by atoms with van der Waals surface area (Å²) >= 11 is 0. The van der Waals surface area contributed by atoms with Crippen molar-refractivity contribution in [1.82, 2.24) is 0 Å². The predicted octanol–water partition coefficient (Wildman–Crippen LogP) is 1.45. The van der Waals surface area contributed by atoms with Crippen molar-refractivity contribution in [2.75, 3.05) is 7.11 Å². The zero-order chi connectivity index (χ0) is 12.6. The first-order valence-electron chi connectivity index (χ1n) is 4.58. The maximum absolute atomic E-state index is 10.9. The van der Waals surface area contributed by atoms with E-state index in [0.29, 0.717) is 5.39 Å². The quantitative estimate of drug-likeness (QED) is 0.640. The number of rotatable bonds is 3. The van der Waals surface area contributed by atoms with E-state index in [1.807, 2.05) is 0 Å². The highest BCUT2D eigenvalue weighted by molar-refractivity contribution is 5.96. The average molecular weight is 236 g/mol. The molecule has 0 unspecified atom stereocenters. The number of nitro benzene ring substituents is 1. The van der Waals surface area contributed by atoms with Crippen molar-refractivity contribution in [3.05, 3.63) is 34.1 Å². The summed E-state index contributed by atoms with van der Waals surface area (Å²) in [5.74, 6) is -0.690. The molecule has 2 N–H and O–H groups in total. The fraction of sp³-hybridized carbons (Fsp3) is 0.100. The topological polar surface area (TPSA) is 109 Å². The van der Waals surface area contributed by atoms with E-state index in [1.54, 1.807) is 0 Å². The molecule has 0 spiro atoms. The van der Waals surface area contributed by atoms with E-state index in [4.69, 9.17) is 14.9 Å². The lowest BCUT2D eigenvalue weighted by Crippen LogP contribution is -2.08. The zero-order valence-electron chi connectivity index (χ0n) is 8.80. The minimum Gasteiger partial charge on any atom is -0.490 e. The van der Waals surface area contributed by atoms with E-state index in [-0.39, 0.29) is 22.8 Å². The summed E-state index contributed by atoms with van der Waals surface area (Å²) in [6.07, 6.45) is 0. The largest absolute Gasteiger partial charge is 0.490 e. The van der Waals surface area contributed by atoms with Gasteiger partial charge in [-0.2, -0.15) is 0 Å². The number of carbonyl (C=O) groups excluding carboxylic acids is 1. The summed E-state index contributed by atoms with van der Waals surface area (Å²) in [5.41, 5.74) is 5.03. The molecule has 7 heteroatoms. The number of nitrogens with zero attached hydrogens (tertiary/aromatic N) is 1. The number of nitrogens with two attached hydrogens (primary N) is 1. The molecule has 1 aromatic carbocycles. The predicted molar refractivity (Wildman–Crippen MR) is 57.9 cm³/mol. The molecule has 88 valence electrons. The molecule has 7 nitrogen and oxygen atoms in total. The highest BCUT2D eigenvalue weighted by Gasteiger charge is 2.19. The summed E-state index contributed by atoms with van der Waals surface area (Å²) in [6, 6.07) is 4.02. The number of methoxy groups -OCH3 is 1. The Morgan fingerprint density at radius 3 is 2.71 bits per heavy atom. The van der Waals surface area contributed by atoms with Crippen LogP contribution in [0.3, 0.4) is 0 Å². The third kappa shape index (κ3) is 1.78. The van der Waals surface area contributed by atoms with Gasteiger partial charge >= 0.3 is 5.69 Å². The number of nitro groups is 1. The first-order valence-corrected chi connectivity index (χ1v) is 4.58. The molecule has 1 heterocycles. The molecule has 1 aromatic heterocycles. The van der Waals surface area contributed by atoms with Crippen LogP contribution >= 0.6 is 0 Å². The second-order valence-corrected chi connectivity index (χ2v) is 3.29. The Kier molecular flexibility index (Phi) is 2.43. The SMILES string of the molecule is COc1cc2cc(C(N)=O)oc2cc1[N+](=O)[O-]. The van der Waals surface area contributed by atoms with Crippen LogP contribution in [0.25, 0.3) is 11.0 Å². The van der Waals surface area contributed by atoms with Gasteiger partial charge in [0.15, 0.2) is 11.5 Å². The Bertz CT molecular complexity index is 616. The number of hydrogen-bond acceptors (Lipinski definition) is 5. The van der Waals surface area contributed by atoms with E-state index >= 15 is 0 Å². The molecule has 0 saturated carbocycles. The molecule has 0 saturated heterocycles. The molecule has 0 radical (unpaired) electrons. The monoisotopic (exact) mass is 236 g/mol. The summed E-state index contributed by atoms with van der Waals surface area (Å²) in [4.78, 5) is 21.1. The van der Waals surface area contributed by atoms with Crippen molar-refractivity contribution in [2.45, 2.75) is 0 Å². The van der Waals surface area contributed by atoms with Crippen molar-refractivity contribution in [3.63, 3.8) is 0 Å². The van der Waals surface area contributed by atoms with Crippen LogP contribution in [0.15, 0.2) is 22.6 Å². The van der Waals surface area contributed by atoms with Gasteiger partial charge in [0.1, 0.15) is 5.58 Å². The van der Waals surface area contributed by atoms with Crippen LogP contribution in [0.2, 0.25) is 0 Å². The maximum atomic E-state index is 10.9. The normalized spacial score (nSPS) is 10.4. The van der Waals surface area contributed by atoms with Crippen molar-refractivity contribution < 1.29 is 18.9 Å². The second kappa shape index (κ2) is 3.78. The maximum Gasteiger partial charge on any atom is 0.314 e. The molecule has 0 aliphatic rings. The third-order valence-electron chi connectivity index (χ3n) is 2.26. The Morgan fingerprint density at radius 1 is 1.47 bits per heavy atom. The fourth-order valence-electron chi connectivity index (χ4n) is 1.48. The van der Waals surface area contributed by atoms with Gasteiger partial charge in [-0.15, -0.1) is 0 Å². The summed E-state index contributed by atoms with van der Waals surface area (Å²) in [6.45, 7) is 0. The van der Waals surface area contributed by atoms with Gasteiger partial charge in [0, 0.05) is 5.39 Å². The lowest BCUT2D eigenvalue weighted by Gasteiger charge is -2.00. The highest BCUT2D eigenvalue weighted by atomic mass is 16.6. The van der Waals surface area contributed by atoms with Gasteiger partial charge in [-0.3, -0.25) is 14.9 Å². The van der Waals surface area contributed by atoms with Gasteiger partial charge in [-0.05, 0) is 12.1 Å². The Balaban J connectivity index is 2.70. The molecule has 2 aromatic rings. The summed E-state index contributed by atoms with van der Waals surface area (Å²) in [7, 11) is 1.32. The van der Waals surface area contributed by atoms with Gasteiger partial charge in [-0.25, -0.2) is 0 Å². The van der Waals surface area contributed by atoms with Gasteiger partial charge in [-0.1, -0.05) is 0 Å². The van der Waals surface area contributed by atoms with E-state index in [9.17, 15) is 14.9 Å². The van der Waals surface area contributed by atoms with Crippen LogP contribution in [0.1, 0.15) is 10.6 Å². The van der Waals surface area contributed by atoms with Crippen molar-refractivity contribution in [3.8, 4) is 5.75 Å². The molecule has 0 aliphatic heterocycles. The second-order valence-electron chi connectivity index (χ2n) is 3.29. The van der Waals surface area contributed by atoms with Crippen LogP contribution < -0.4 is 10.5 Å². The number of benzene rings is 1. The van der Waals surface area contributed by atoms with Gasteiger partial charge in [0.25, 0.3) is 5.91 Å². The summed E-state index contributed by atoms with van der Waals surface area (Å²) in [5, 5.41) is 11.3. The van der Waals surface area contributed by atoms with Crippen LogP contribution in [-0.2, 0) is 0 Å². The van der Waals surface area contributed by atoms with Crippen molar-refractivity contribution in [2.24, 2.45) is 5.73 Å². The lowest BCUT2D eigenvalue weighted by atomic mass is 10.2. The van der Waals surface area contributed by atoms with Crippen molar-refractivity contribution in [1.29, 1.82) is 0 Å². The Morgan fingerprint density at radius 2 is 2.18 bits per heavy atom. The molecule has 17 heavy (non-hydrogen) atoms. The number of ether oxygens (including phenoxy) is 1. The zero-order valence-corrected chi connectivity index (χ0v) is 8.80. The highest BCUT2D eigenvalue weighted by Crippen LogP contribution is 2.33. The standard InChI is InChI=1S/C10H8N2O5/c1-16-8-2-5-3-9(10(11)13)17-7(5)4-6(8)12(14)15/h2-4H,1H3,(H2,11,13). The molecule has 1 amide bonds. The van der Waals surface area contributed by atoms with Crippen molar-refractivity contribution >= 4 is 22.6 Å². The molecule has 0 atom stereocenters. The smallest absolute Gasteiger partial charge is 0.314 e. The Hall–Kier alpha value is -2.57. The number of amides is 1. The van der Waals surface area contributed by atoms with E-state index in [0.717, 1.165) is 0 Å².